The number of hydrogen-bond donors (Lipinski definition) is 2. The lowest BCUT2D eigenvalue weighted by Crippen LogP contribution is -2.55. The van der Waals surface area contributed by atoms with Gasteiger partial charge in [0, 0.05) is 31.9 Å². The summed E-state index contributed by atoms with van der Waals surface area (Å²) in [6.07, 6.45) is 0. The van der Waals surface area contributed by atoms with Gasteiger partial charge in [-0.05, 0) is 31.2 Å². The zero-order valence-electron chi connectivity index (χ0n) is 11.9. The molecule has 7 heteroatoms. The SMILES string of the molecule is C[C@H](C(=O)NC(N)=O)N1CCN(c2ccc(F)cc2)CC1. The normalized spacial score (nSPS) is 17.3. The van der Waals surface area contributed by atoms with Crippen LogP contribution in [0.4, 0.5) is 14.9 Å². The van der Waals surface area contributed by atoms with E-state index in [2.05, 4.69) is 10.2 Å². The smallest absolute Gasteiger partial charge is 0.318 e. The average Bonchev–Trinajstić information content (AvgIpc) is 2.47. The Bertz CT molecular complexity index is 512. The minimum atomic E-state index is -0.836. The summed E-state index contributed by atoms with van der Waals surface area (Å²) in [6, 6.07) is 5.11. The molecule has 1 atom stereocenters. The van der Waals surface area contributed by atoms with Gasteiger partial charge >= 0.3 is 6.03 Å². The number of nitrogens with one attached hydrogen (secondary N) is 1. The Morgan fingerprint density at radius 2 is 1.76 bits per heavy atom. The van der Waals surface area contributed by atoms with Gasteiger partial charge in [-0.3, -0.25) is 15.0 Å². The fourth-order valence-corrected chi connectivity index (χ4v) is 2.41. The summed E-state index contributed by atoms with van der Waals surface area (Å²) in [5.41, 5.74) is 5.91. The number of benzene rings is 1. The van der Waals surface area contributed by atoms with Crippen molar-refractivity contribution in [3.63, 3.8) is 0 Å². The molecule has 1 heterocycles. The van der Waals surface area contributed by atoms with E-state index in [9.17, 15) is 14.0 Å². The monoisotopic (exact) mass is 294 g/mol. The second kappa shape index (κ2) is 6.53. The molecule has 3 amide bonds. The van der Waals surface area contributed by atoms with E-state index in [1.807, 2.05) is 4.90 Å². The summed E-state index contributed by atoms with van der Waals surface area (Å²) in [7, 11) is 0. The first-order valence-corrected chi connectivity index (χ1v) is 6.82. The van der Waals surface area contributed by atoms with Crippen LogP contribution < -0.4 is 16.0 Å². The van der Waals surface area contributed by atoms with E-state index < -0.39 is 18.0 Å². The second-order valence-corrected chi connectivity index (χ2v) is 5.03. The van der Waals surface area contributed by atoms with Crippen molar-refractivity contribution in [2.45, 2.75) is 13.0 Å². The summed E-state index contributed by atoms with van der Waals surface area (Å²) in [4.78, 5) is 26.5. The Balaban J connectivity index is 1.89. The topological polar surface area (TPSA) is 78.7 Å². The highest BCUT2D eigenvalue weighted by atomic mass is 19.1. The molecule has 0 bridgehead atoms. The van der Waals surface area contributed by atoms with Crippen LogP contribution >= 0.6 is 0 Å². The fraction of sp³-hybridized carbons (Fsp3) is 0.429. The maximum Gasteiger partial charge on any atom is 0.318 e. The Kier molecular flexibility index (Phi) is 4.74. The van der Waals surface area contributed by atoms with E-state index in [1.165, 1.54) is 12.1 Å². The Morgan fingerprint density at radius 1 is 1.19 bits per heavy atom. The number of nitrogens with zero attached hydrogens (tertiary/aromatic N) is 2. The third-order valence-corrected chi connectivity index (χ3v) is 3.68. The number of amides is 3. The highest BCUT2D eigenvalue weighted by Crippen LogP contribution is 2.17. The molecule has 1 fully saturated rings. The Hall–Kier alpha value is -2.15. The van der Waals surface area contributed by atoms with E-state index >= 15 is 0 Å². The van der Waals surface area contributed by atoms with Gasteiger partial charge in [-0.25, -0.2) is 9.18 Å². The Morgan fingerprint density at radius 3 is 2.29 bits per heavy atom. The highest BCUT2D eigenvalue weighted by Gasteiger charge is 2.26. The number of hydrogen-bond acceptors (Lipinski definition) is 4. The van der Waals surface area contributed by atoms with Crippen molar-refractivity contribution in [2.24, 2.45) is 5.73 Å². The fourth-order valence-electron chi connectivity index (χ4n) is 2.41. The molecule has 1 aromatic rings. The molecule has 1 aromatic carbocycles. The van der Waals surface area contributed by atoms with Crippen LogP contribution in [0, 0.1) is 5.82 Å². The zero-order chi connectivity index (χ0) is 15.4. The second-order valence-electron chi connectivity index (χ2n) is 5.03. The third-order valence-electron chi connectivity index (χ3n) is 3.68. The van der Waals surface area contributed by atoms with E-state index in [-0.39, 0.29) is 5.82 Å². The van der Waals surface area contributed by atoms with Crippen molar-refractivity contribution in [1.82, 2.24) is 10.2 Å². The van der Waals surface area contributed by atoms with Gasteiger partial charge in [-0.2, -0.15) is 0 Å². The number of nitrogens with two attached hydrogens (primary N) is 1. The minimum Gasteiger partial charge on any atom is -0.369 e. The van der Waals surface area contributed by atoms with Crippen molar-refractivity contribution < 1.29 is 14.0 Å². The minimum absolute atomic E-state index is 0.255. The average molecular weight is 294 g/mol. The molecular weight excluding hydrogens is 275 g/mol. The van der Waals surface area contributed by atoms with Gasteiger partial charge in [0.2, 0.25) is 5.91 Å². The van der Waals surface area contributed by atoms with Gasteiger partial charge < -0.3 is 10.6 Å². The van der Waals surface area contributed by atoms with Crippen LogP contribution in [0.5, 0.6) is 0 Å². The van der Waals surface area contributed by atoms with Gasteiger partial charge in [0.05, 0.1) is 6.04 Å². The lowest BCUT2D eigenvalue weighted by molar-refractivity contribution is -0.124. The van der Waals surface area contributed by atoms with Crippen LogP contribution in [-0.2, 0) is 4.79 Å². The van der Waals surface area contributed by atoms with Crippen molar-refractivity contribution in [3.8, 4) is 0 Å². The van der Waals surface area contributed by atoms with Gasteiger partial charge in [-0.15, -0.1) is 0 Å². The highest BCUT2D eigenvalue weighted by molar-refractivity contribution is 5.96. The van der Waals surface area contributed by atoms with Gasteiger partial charge in [-0.1, -0.05) is 0 Å². The number of anilines is 1. The largest absolute Gasteiger partial charge is 0.369 e. The number of primary amides is 1. The van der Waals surface area contributed by atoms with E-state index in [1.54, 1.807) is 19.1 Å². The Labute approximate surface area is 122 Å². The van der Waals surface area contributed by atoms with E-state index in [4.69, 9.17) is 5.73 Å². The molecular formula is C14H19FN4O2. The maximum atomic E-state index is 12.9. The predicted octanol–water partition coefficient (Wildman–Crippen LogP) is 0.531. The molecule has 0 radical (unpaired) electrons. The molecule has 0 aromatic heterocycles. The van der Waals surface area contributed by atoms with Crippen LogP contribution in [0.3, 0.4) is 0 Å². The van der Waals surface area contributed by atoms with Gasteiger partial charge in [0.25, 0.3) is 0 Å². The lowest BCUT2D eigenvalue weighted by atomic mass is 10.2. The van der Waals surface area contributed by atoms with Crippen LogP contribution in [-0.4, -0.2) is 49.1 Å². The maximum absolute atomic E-state index is 12.9. The van der Waals surface area contributed by atoms with Crippen molar-refractivity contribution in [2.75, 3.05) is 31.1 Å². The molecule has 2 rings (SSSR count). The molecule has 114 valence electrons. The number of piperazine rings is 1. The van der Waals surface area contributed by atoms with Crippen molar-refractivity contribution >= 4 is 17.6 Å². The quantitative estimate of drug-likeness (QED) is 0.852. The van der Waals surface area contributed by atoms with Crippen LogP contribution in [0.1, 0.15) is 6.92 Å². The molecule has 0 spiro atoms. The number of imide groups is 1. The number of urea groups is 1. The number of carbonyl (C=O) groups excluding carboxylic acids is 2. The first kappa shape index (κ1) is 15.2. The molecule has 3 N–H and O–H groups in total. The lowest BCUT2D eigenvalue weighted by Gasteiger charge is -2.38. The summed E-state index contributed by atoms with van der Waals surface area (Å²) in [5.74, 6) is -0.646. The van der Waals surface area contributed by atoms with Gasteiger partial charge in [0.1, 0.15) is 5.82 Å². The standard InChI is InChI=1S/C14H19FN4O2/c1-10(13(20)17-14(16)21)18-6-8-19(9-7-18)12-4-2-11(15)3-5-12/h2-5,10H,6-9H2,1H3,(H3,16,17,20,21)/t10-/m1/s1. The summed E-state index contributed by atoms with van der Waals surface area (Å²) >= 11 is 0. The molecule has 6 nitrogen and oxygen atoms in total. The van der Waals surface area contributed by atoms with Crippen LogP contribution in [0.25, 0.3) is 0 Å². The predicted molar refractivity (Wildman–Crippen MR) is 77.4 cm³/mol. The summed E-state index contributed by atoms with van der Waals surface area (Å²) in [5, 5.41) is 2.09. The molecule has 0 aliphatic carbocycles. The third kappa shape index (κ3) is 3.91. The van der Waals surface area contributed by atoms with Crippen molar-refractivity contribution in [3.05, 3.63) is 30.1 Å². The summed E-state index contributed by atoms with van der Waals surface area (Å²) in [6.45, 7) is 4.58. The molecule has 0 saturated carbocycles. The molecule has 1 aliphatic heterocycles. The van der Waals surface area contributed by atoms with E-state index in [0.29, 0.717) is 13.1 Å². The number of halogens is 1. The number of rotatable bonds is 3. The van der Waals surface area contributed by atoms with Crippen molar-refractivity contribution in [1.29, 1.82) is 0 Å². The molecule has 1 aliphatic rings. The van der Waals surface area contributed by atoms with Gasteiger partial charge in [0.15, 0.2) is 0 Å². The van der Waals surface area contributed by atoms with E-state index in [0.717, 1.165) is 18.8 Å². The van der Waals surface area contributed by atoms with Crippen LogP contribution in [0.15, 0.2) is 24.3 Å². The molecule has 21 heavy (non-hydrogen) atoms. The van der Waals surface area contributed by atoms with Crippen LogP contribution in [0.2, 0.25) is 0 Å². The zero-order valence-corrected chi connectivity index (χ0v) is 11.9. The molecule has 1 saturated heterocycles. The first-order chi connectivity index (χ1) is 9.97. The molecule has 0 unspecified atom stereocenters. The summed E-state index contributed by atoms with van der Waals surface area (Å²) < 4.78 is 12.9. The first-order valence-electron chi connectivity index (χ1n) is 6.82. The number of carbonyl (C=O) groups is 2.